The van der Waals surface area contributed by atoms with Crippen LogP contribution in [0.5, 0.6) is 0 Å². The maximum atomic E-state index is 14.4. The van der Waals surface area contributed by atoms with E-state index in [1.54, 1.807) is 36.7 Å². The summed E-state index contributed by atoms with van der Waals surface area (Å²) in [6, 6.07) is 15.5. The molecule has 3 aromatic rings. The van der Waals surface area contributed by atoms with Crippen LogP contribution in [0, 0.1) is 11.7 Å². The molecular formula is C28H28Cl2FNO. The molecule has 0 aliphatic carbocycles. The standard InChI is InChI=1S/C28H28Cl2FNO/c1-4-18(5-2)26(19-9-7-11-22(31)15-19)27(28(33)20-10-8-14-32-17-20)23(6-3)24-13-12-21(29)16-25(24)30/h6-18,28,33H,4-5H2,1-3H3. The van der Waals surface area contributed by atoms with Gasteiger partial charge in [-0.05, 0) is 78.3 Å². The molecule has 0 radical (unpaired) electrons. The van der Waals surface area contributed by atoms with Crippen LogP contribution in [0.4, 0.5) is 4.39 Å². The summed E-state index contributed by atoms with van der Waals surface area (Å²) < 4.78 is 14.4. The van der Waals surface area contributed by atoms with Crippen LogP contribution in [0.2, 0.25) is 10.0 Å². The number of nitrogens with zero attached hydrogens (tertiary/aromatic N) is 1. The molecule has 0 bridgehead atoms. The number of pyridine rings is 1. The molecule has 1 N–H and O–H groups in total. The fraction of sp³-hybridized carbons (Fsp3) is 0.250. The van der Waals surface area contributed by atoms with Gasteiger partial charge in [0.25, 0.3) is 0 Å². The minimum absolute atomic E-state index is 0.0918. The molecule has 1 heterocycles. The average molecular weight is 484 g/mol. The van der Waals surface area contributed by atoms with Crippen molar-refractivity contribution < 1.29 is 9.50 Å². The third kappa shape index (κ3) is 5.73. The Labute approximate surface area is 205 Å². The fourth-order valence-electron chi connectivity index (χ4n) is 4.27. The predicted octanol–water partition coefficient (Wildman–Crippen LogP) is 8.55. The molecule has 0 spiro atoms. The molecule has 172 valence electrons. The van der Waals surface area contributed by atoms with Crippen LogP contribution in [-0.4, -0.2) is 10.1 Å². The van der Waals surface area contributed by atoms with Crippen LogP contribution in [-0.2, 0) is 0 Å². The van der Waals surface area contributed by atoms with Gasteiger partial charge in [-0.15, -0.1) is 0 Å². The summed E-state index contributed by atoms with van der Waals surface area (Å²) in [5, 5.41) is 12.7. The van der Waals surface area contributed by atoms with Crippen molar-refractivity contribution in [1.82, 2.24) is 4.98 Å². The SMILES string of the molecule is CC=C(C(=C(c1cccc(F)c1)C(CC)CC)C(O)c1cccnc1)c1ccc(Cl)cc1Cl. The minimum Gasteiger partial charge on any atom is -0.384 e. The first kappa shape index (κ1) is 25.2. The van der Waals surface area contributed by atoms with Crippen molar-refractivity contribution in [1.29, 1.82) is 0 Å². The van der Waals surface area contributed by atoms with Crippen LogP contribution in [0.3, 0.4) is 0 Å². The lowest BCUT2D eigenvalue weighted by atomic mass is 9.78. The largest absolute Gasteiger partial charge is 0.384 e. The van der Waals surface area contributed by atoms with E-state index in [-0.39, 0.29) is 11.7 Å². The molecule has 0 fully saturated rings. The van der Waals surface area contributed by atoms with Gasteiger partial charge in [0.1, 0.15) is 11.9 Å². The summed E-state index contributed by atoms with van der Waals surface area (Å²) in [5.41, 5.74) is 4.51. The highest BCUT2D eigenvalue weighted by Gasteiger charge is 2.28. The lowest BCUT2D eigenvalue weighted by Gasteiger charge is -2.28. The number of aliphatic hydroxyl groups excluding tert-OH is 1. The van der Waals surface area contributed by atoms with Crippen molar-refractivity contribution >= 4 is 34.3 Å². The van der Waals surface area contributed by atoms with Gasteiger partial charge in [0.05, 0.1) is 0 Å². The number of rotatable bonds is 8. The summed E-state index contributed by atoms with van der Waals surface area (Å²) >= 11 is 12.8. The number of hydrogen-bond acceptors (Lipinski definition) is 2. The van der Waals surface area contributed by atoms with Gasteiger partial charge in [0.15, 0.2) is 0 Å². The molecule has 0 amide bonds. The number of benzene rings is 2. The highest BCUT2D eigenvalue weighted by molar-refractivity contribution is 6.36. The molecule has 2 aromatic carbocycles. The zero-order valence-corrected chi connectivity index (χ0v) is 20.5. The van der Waals surface area contributed by atoms with Gasteiger partial charge in [0, 0.05) is 33.6 Å². The van der Waals surface area contributed by atoms with E-state index in [1.807, 2.05) is 31.2 Å². The minimum atomic E-state index is -0.990. The summed E-state index contributed by atoms with van der Waals surface area (Å²) in [6.07, 6.45) is 5.92. The lowest BCUT2D eigenvalue weighted by Crippen LogP contribution is -2.13. The zero-order chi connectivity index (χ0) is 24.0. The number of allylic oxidation sites excluding steroid dienone is 2. The van der Waals surface area contributed by atoms with Crippen LogP contribution >= 0.6 is 23.2 Å². The van der Waals surface area contributed by atoms with Gasteiger partial charge in [-0.25, -0.2) is 4.39 Å². The van der Waals surface area contributed by atoms with E-state index < -0.39 is 6.10 Å². The maximum Gasteiger partial charge on any atom is 0.123 e. The fourth-order valence-corrected chi connectivity index (χ4v) is 4.78. The van der Waals surface area contributed by atoms with Crippen LogP contribution in [0.1, 0.15) is 56.4 Å². The Balaban J connectivity index is 2.41. The molecule has 0 saturated heterocycles. The van der Waals surface area contributed by atoms with Gasteiger partial charge in [-0.1, -0.05) is 67.4 Å². The molecule has 1 atom stereocenters. The number of aromatic nitrogens is 1. The molecule has 5 heteroatoms. The topological polar surface area (TPSA) is 33.1 Å². The Morgan fingerprint density at radius 3 is 2.39 bits per heavy atom. The van der Waals surface area contributed by atoms with Gasteiger partial charge in [-0.2, -0.15) is 0 Å². The summed E-state index contributed by atoms with van der Waals surface area (Å²) in [5.74, 6) is -0.230. The first-order valence-electron chi connectivity index (χ1n) is 11.1. The molecule has 0 aliphatic heterocycles. The second-order valence-electron chi connectivity index (χ2n) is 7.87. The number of halogens is 3. The molecule has 3 rings (SSSR count). The second-order valence-corrected chi connectivity index (χ2v) is 8.71. The van der Waals surface area contributed by atoms with E-state index in [0.29, 0.717) is 21.2 Å². The van der Waals surface area contributed by atoms with Crippen molar-refractivity contribution in [2.45, 2.75) is 39.7 Å². The van der Waals surface area contributed by atoms with E-state index in [4.69, 9.17) is 23.2 Å². The lowest BCUT2D eigenvalue weighted by molar-refractivity contribution is 0.220. The van der Waals surface area contributed by atoms with Crippen molar-refractivity contribution in [3.8, 4) is 0 Å². The third-order valence-electron chi connectivity index (χ3n) is 5.89. The van der Waals surface area contributed by atoms with E-state index in [0.717, 1.165) is 35.1 Å². The predicted molar refractivity (Wildman–Crippen MR) is 137 cm³/mol. The molecule has 1 aromatic heterocycles. The summed E-state index contributed by atoms with van der Waals surface area (Å²) in [6.45, 7) is 6.12. The van der Waals surface area contributed by atoms with Crippen LogP contribution < -0.4 is 0 Å². The van der Waals surface area contributed by atoms with Gasteiger partial charge in [-0.3, -0.25) is 4.98 Å². The van der Waals surface area contributed by atoms with E-state index in [2.05, 4.69) is 18.8 Å². The Kier molecular flexibility index (Phi) is 8.85. The Morgan fingerprint density at radius 2 is 1.82 bits per heavy atom. The monoisotopic (exact) mass is 483 g/mol. The van der Waals surface area contributed by atoms with Crippen LogP contribution in [0.25, 0.3) is 11.1 Å². The average Bonchev–Trinajstić information content (AvgIpc) is 2.82. The molecular weight excluding hydrogens is 456 g/mol. The zero-order valence-electron chi connectivity index (χ0n) is 19.0. The maximum absolute atomic E-state index is 14.4. The van der Waals surface area contributed by atoms with E-state index >= 15 is 0 Å². The van der Waals surface area contributed by atoms with Crippen molar-refractivity contribution in [3.05, 3.63) is 111 Å². The summed E-state index contributed by atoms with van der Waals surface area (Å²) in [4.78, 5) is 4.20. The van der Waals surface area contributed by atoms with Crippen molar-refractivity contribution in [2.24, 2.45) is 5.92 Å². The van der Waals surface area contributed by atoms with Crippen LogP contribution in [0.15, 0.2) is 78.6 Å². The van der Waals surface area contributed by atoms with E-state index in [1.165, 1.54) is 12.1 Å². The smallest absolute Gasteiger partial charge is 0.123 e. The molecule has 33 heavy (non-hydrogen) atoms. The quantitative estimate of drug-likeness (QED) is 0.325. The van der Waals surface area contributed by atoms with Gasteiger partial charge >= 0.3 is 0 Å². The first-order valence-corrected chi connectivity index (χ1v) is 11.9. The van der Waals surface area contributed by atoms with E-state index in [9.17, 15) is 9.50 Å². The molecule has 1 unspecified atom stereocenters. The highest BCUT2D eigenvalue weighted by Crippen LogP contribution is 2.45. The normalized spacial score (nSPS) is 13.8. The first-order chi connectivity index (χ1) is 15.9. The molecule has 2 nitrogen and oxygen atoms in total. The van der Waals surface area contributed by atoms with Gasteiger partial charge in [0.2, 0.25) is 0 Å². The Bertz CT molecular complexity index is 1150. The molecule has 0 aliphatic rings. The third-order valence-corrected chi connectivity index (χ3v) is 6.44. The Hall–Kier alpha value is -2.46. The number of aliphatic hydroxyl groups is 1. The highest BCUT2D eigenvalue weighted by atomic mass is 35.5. The van der Waals surface area contributed by atoms with Gasteiger partial charge < -0.3 is 5.11 Å². The van der Waals surface area contributed by atoms with Crippen molar-refractivity contribution in [2.75, 3.05) is 0 Å². The Morgan fingerprint density at radius 1 is 1.06 bits per heavy atom. The number of hydrogen-bond donors (Lipinski definition) is 1. The summed E-state index contributed by atoms with van der Waals surface area (Å²) in [7, 11) is 0. The second kappa shape index (κ2) is 11.6. The molecule has 0 saturated carbocycles. The van der Waals surface area contributed by atoms with Crippen molar-refractivity contribution in [3.63, 3.8) is 0 Å².